The molecular formula is C16H17ClFN5O. The Morgan fingerprint density at radius 3 is 2.83 bits per heavy atom. The number of carbonyl (C=O) groups excluding carboxylic acids is 1. The van der Waals surface area contributed by atoms with Gasteiger partial charge in [0.15, 0.2) is 0 Å². The number of halogens is 2. The lowest BCUT2D eigenvalue weighted by Gasteiger charge is -2.26. The molecule has 1 aromatic heterocycles. The lowest BCUT2D eigenvalue weighted by atomic mass is 10.00. The van der Waals surface area contributed by atoms with E-state index in [1.165, 1.54) is 18.5 Å². The van der Waals surface area contributed by atoms with Crippen molar-refractivity contribution in [1.29, 1.82) is 0 Å². The van der Waals surface area contributed by atoms with Gasteiger partial charge in [-0.05, 0) is 31.2 Å². The molecule has 2 heterocycles. The number of carbonyl (C=O) groups is 1. The molecule has 24 heavy (non-hydrogen) atoms. The van der Waals surface area contributed by atoms with Gasteiger partial charge in [0.05, 0.1) is 23.5 Å². The summed E-state index contributed by atoms with van der Waals surface area (Å²) in [6, 6.07) is 4.87. The molecule has 0 unspecified atom stereocenters. The maximum absolute atomic E-state index is 13.8. The van der Waals surface area contributed by atoms with Gasteiger partial charge >= 0.3 is 0 Å². The van der Waals surface area contributed by atoms with Gasteiger partial charge in [-0.3, -0.25) is 9.69 Å². The van der Waals surface area contributed by atoms with E-state index in [1.807, 2.05) is 13.1 Å². The van der Waals surface area contributed by atoms with E-state index < -0.39 is 11.7 Å². The molecule has 8 heteroatoms. The van der Waals surface area contributed by atoms with E-state index in [4.69, 9.17) is 17.3 Å². The Kier molecular flexibility index (Phi) is 4.64. The van der Waals surface area contributed by atoms with Crippen LogP contribution in [0.5, 0.6) is 0 Å². The Hall–Kier alpha value is -2.25. The highest BCUT2D eigenvalue weighted by Gasteiger charge is 2.33. The number of hydrogen-bond donors (Lipinski definition) is 2. The highest BCUT2D eigenvalue weighted by molar-refractivity contribution is 6.30. The molecule has 0 aliphatic carbocycles. The van der Waals surface area contributed by atoms with Crippen molar-refractivity contribution in [1.82, 2.24) is 14.9 Å². The molecule has 1 amide bonds. The second-order valence-electron chi connectivity index (χ2n) is 5.79. The molecule has 126 valence electrons. The van der Waals surface area contributed by atoms with Crippen molar-refractivity contribution in [3.63, 3.8) is 0 Å². The van der Waals surface area contributed by atoms with Crippen molar-refractivity contribution in [2.24, 2.45) is 5.73 Å². The Bertz CT molecular complexity index is 755. The summed E-state index contributed by atoms with van der Waals surface area (Å²) in [7, 11) is 1.99. The van der Waals surface area contributed by atoms with Crippen molar-refractivity contribution < 1.29 is 9.18 Å². The van der Waals surface area contributed by atoms with Crippen LogP contribution >= 0.6 is 11.6 Å². The van der Waals surface area contributed by atoms with Crippen LogP contribution in [0.3, 0.4) is 0 Å². The summed E-state index contributed by atoms with van der Waals surface area (Å²) in [5.41, 5.74) is 6.11. The molecule has 6 nitrogen and oxygen atoms in total. The summed E-state index contributed by atoms with van der Waals surface area (Å²) in [6.45, 7) is 0.860. The first kappa shape index (κ1) is 16.6. The molecule has 1 fully saturated rings. The number of primary amides is 1. The van der Waals surface area contributed by atoms with Gasteiger partial charge in [0.25, 0.3) is 5.91 Å². The molecule has 2 atom stereocenters. The summed E-state index contributed by atoms with van der Waals surface area (Å²) in [5.74, 6) is -0.511. The number of hydrogen-bond acceptors (Lipinski definition) is 5. The molecular weight excluding hydrogens is 333 g/mol. The molecule has 1 aliphatic rings. The minimum Gasteiger partial charge on any atom is -0.364 e. The maximum Gasteiger partial charge on any atom is 0.268 e. The fraction of sp³-hybridized carbons (Fsp3) is 0.312. The van der Waals surface area contributed by atoms with E-state index >= 15 is 0 Å². The monoisotopic (exact) mass is 349 g/mol. The number of nitrogens with two attached hydrogens (primary N) is 1. The predicted octanol–water partition coefficient (Wildman–Crippen LogP) is 2.23. The van der Waals surface area contributed by atoms with Crippen LogP contribution in [0, 0.1) is 5.82 Å². The second kappa shape index (κ2) is 6.70. The van der Waals surface area contributed by atoms with Crippen molar-refractivity contribution in [3.8, 4) is 0 Å². The lowest BCUT2D eigenvalue weighted by molar-refractivity contribution is 0.0995. The third-order valence-corrected chi connectivity index (χ3v) is 4.48. The van der Waals surface area contributed by atoms with Crippen LogP contribution < -0.4 is 11.1 Å². The number of nitrogens with one attached hydrogen (secondary N) is 1. The van der Waals surface area contributed by atoms with Gasteiger partial charge in [-0.25, -0.2) is 14.4 Å². The molecule has 0 bridgehead atoms. The zero-order valence-electron chi connectivity index (χ0n) is 13.0. The van der Waals surface area contributed by atoms with Crippen molar-refractivity contribution in [2.45, 2.75) is 18.5 Å². The Morgan fingerprint density at radius 2 is 2.21 bits per heavy atom. The summed E-state index contributed by atoms with van der Waals surface area (Å²) in [6.07, 6.45) is 3.67. The van der Waals surface area contributed by atoms with E-state index in [-0.39, 0.29) is 22.8 Å². The van der Waals surface area contributed by atoms with E-state index in [1.54, 1.807) is 6.07 Å². The maximum atomic E-state index is 13.8. The number of rotatable bonds is 4. The number of aromatic nitrogens is 2. The van der Waals surface area contributed by atoms with Crippen LogP contribution in [0.1, 0.15) is 28.5 Å². The first-order valence-electron chi connectivity index (χ1n) is 7.49. The van der Waals surface area contributed by atoms with Crippen LogP contribution in [-0.4, -0.2) is 40.4 Å². The van der Waals surface area contributed by atoms with Crippen LogP contribution in [0.25, 0.3) is 0 Å². The molecule has 2 aromatic rings. The minimum absolute atomic E-state index is 0.0191. The summed E-state index contributed by atoms with van der Waals surface area (Å²) < 4.78 is 13.8. The third kappa shape index (κ3) is 3.32. The molecule has 1 aromatic carbocycles. The number of likely N-dealkylation sites (tertiary alicyclic amines) is 1. The molecule has 1 aliphatic heterocycles. The van der Waals surface area contributed by atoms with E-state index in [0.29, 0.717) is 5.82 Å². The molecule has 3 N–H and O–H groups in total. The topological polar surface area (TPSA) is 84.1 Å². The molecule has 0 spiro atoms. The van der Waals surface area contributed by atoms with Gasteiger partial charge in [0.1, 0.15) is 17.3 Å². The summed E-state index contributed by atoms with van der Waals surface area (Å²) in [4.78, 5) is 21.3. The number of likely N-dealkylation sites (N-methyl/N-ethyl adjacent to an activating group) is 1. The van der Waals surface area contributed by atoms with Crippen LogP contribution in [0.2, 0.25) is 5.02 Å². The highest BCUT2D eigenvalue weighted by atomic mass is 35.5. The summed E-state index contributed by atoms with van der Waals surface area (Å²) in [5, 5.41) is 3.41. The van der Waals surface area contributed by atoms with Crippen molar-refractivity contribution >= 4 is 23.3 Å². The average molecular weight is 350 g/mol. The van der Waals surface area contributed by atoms with Gasteiger partial charge in [-0.2, -0.15) is 0 Å². The van der Waals surface area contributed by atoms with E-state index in [9.17, 15) is 9.18 Å². The van der Waals surface area contributed by atoms with Gasteiger partial charge in [0, 0.05) is 12.6 Å². The normalized spacial score (nSPS) is 21.0. The molecule has 3 rings (SSSR count). The van der Waals surface area contributed by atoms with Gasteiger partial charge in [-0.15, -0.1) is 0 Å². The number of benzene rings is 1. The Balaban J connectivity index is 1.81. The van der Waals surface area contributed by atoms with E-state index in [2.05, 4.69) is 20.2 Å². The van der Waals surface area contributed by atoms with Crippen LogP contribution in [0.15, 0.2) is 30.6 Å². The first-order valence-corrected chi connectivity index (χ1v) is 7.87. The quantitative estimate of drug-likeness (QED) is 0.884. The summed E-state index contributed by atoms with van der Waals surface area (Å²) >= 11 is 5.77. The lowest BCUT2D eigenvalue weighted by Crippen LogP contribution is -2.29. The van der Waals surface area contributed by atoms with Crippen LogP contribution in [-0.2, 0) is 0 Å². The first-order chi connectivity index (χ1) is 11.5. The highest BCUT2D eigenvalue weighted by Crippen LogP contribution is 2.34. The average Bonchev–Trinajstić information content (AvgIpc) is 2.91. The van der Waals surface area contributed by atoms with Crippen LogP contribution in [0.4, 0.5) is 10.2 Å². The standard InChI is InChI=1S/C16H17ClFN5O/c1-23-5-4-12(15(23)9-2-3-10(17)11(18)6-9)22-14-8-20-13(7-21-14)16(19)24/h2-3,6-8,12,15H,4-5H2,1H3,(H2,19,24)(H,21,22)/t12-,15-/m1/s1. The SMILES string of the molecule is CN1CC[C@@H](Nc2cnc(C(N)=O)cn2)[C@H]1c1ccc(Cl)c(F)c1. The Labute approximate surface area is 143 Å². The predicted molar refractivity (Wildman–Crippen MR) is 89.4 cm³/mol. The zero-order chi connectivity index (χ0) is 17.3. The van der Waals surface area contributed by atoms with Gasteiger partial charge in [0.2, 0.25) is 0 Å². The zero-order valence-corrected chi connectivity index (χ0v) is 13.8. The number of nitrogens with zero attached hydrogens (tertiary/aromatic N) is 3. The van der Waals surface area contributed by atoms with Gasteiger partial charge in [-0.1, -0.05) is 17.7 Å². The Morgan fingerprint density at radius 1 is 1.42 bits per heavy atom. The third-order valence-electron chi connectivity index (χ3n) is 4.17. The second-order valence-corrected chi connectivity index (χ2v) is 6.20. The fourth-order valence-electron chi connectivity index (χ4n) is 3.00. The molecule has 1 saturated heterocycles. The smallest absolute Gasteiger partial charge is 0.268 e. The van der Waals surface area contributed by atoms with Crippen molar-refractivity contribution in [3.05, 3.63) is 52.7 Å². The largest absolute Gasteiger partial charge is 0.364 e. The van der Waals surface area contributed by atoms with Crippen molar-refractivity contribution in [2.75, 3.05) is 18.9 Å². The number of amides is 1. The molecule has 0 saturated carbocycles. The van der Waals surface area contributed by atoms with E-state index in [0.717, 1.165) is 18.5 Å². The minimum atomic E-state index is -0.621. The molecule has 0 radical (unpaired) electrons. The van der Waals surface area contributed by atoms with Gasteiger partial charge < -0.3 is 11.1 Å². The number of anilines is 1. The fourth-order valence-corrected chi connectivity index (χ4v) is 3.12.